The number of hydrogen-bond donors (Lipinski definition) is 2. The number of carbonyl (C=O) groups is 2. The molecular weight excluding hydrogens is 542 g/mol. The second kappa shape index (κ2) is 34.8. The van der Waals surface area contributed by atoms with Crippen LogP contribution in [0.3, 0.4) is 0 Å². The summed E-state index contributed by atoms with van der Waals surface area (Å²) in [5.41, 5.74) is 5.71. The van der Waals surface area contributed by atoms with E-state index in [0.717, 1.165) is 57.8 Å². The Balaban J connectivity index is 3.71. The Morgan fingerprint density at radius 1 is 0.386 bits per heavy atom. The van der Waals surface area contributed by atoms with Gasteiger partial charge >= 0.3 is 5.97 Å². The van der Waals surface area contributed by atoms with Crippen molar-refractivity contribution in [2.45, 2.75) is 232 Å². The number of primary amides is 1. The number of carboxylic acids is 1. The van der Waals surface area contributed by atoms with E-state index in [1.807, 2.05) is 0 Å². The minimum Gasteiger partial charge on any atom is -0.481 e. The van der Waals surface area contributed by atoms with Gasteiger partial charge in [-0.05, 0) is 25.7 Å². The zero-order chi connectivity index (χ0) is 32.4. The zero-order valence-electron chi connectivity index (χ0n) is 30.0. The van der Waals surface area contributed by atoms with Crippen LogP contribution in [-0.2, 0) is 9.59 Å². The predicted octanol–water partition coefficient (Wildman–Crippen LogP) is 13.1. The van der Waals surface area contributed by atoms with Crippen LogP contribution in [0.15, 0.2) is 0 Å². The van der Waals surface area contributed by atoms with Gasteiger partial charge in [0, 0.05) is 5.92 Å². The first-order valence-corrected chi connectivity index (χ1v) is 20.0. The molecule has 1 amide bonds. The fraction of sp³-hybridized carbons (Fsp3) is 0.950. The molecule has 0 aromatic rings. The van der Waals surface area contributed by atoms with Crippen LogP contribution in [0.2, 0.25) is 0 Å². The van der Waals surface area contributed by atoms with Gasteiger partial charge in [0.2, 0.25) is 5.91 Å². The zero-order valence-corrected chi connectivity index (χ0v) is 30.0. The molecule has 0 aliphatic heterocycles. The lowest BCUT2D eigenvalue weighted by molar-refractivity contribution is -0.142. The summed E-state index contributed by atoms with van der Waals surface area (Å²) in [7, 11) is 0. The molecule has 262 valence electrons. The van der Waals surface area contributed by atoms with Crippen molar-refractivity contribution in [2.24, 2.45) is 17.6 Å². The Morgan fingerprint density at radius 2 is 0.591 bits per heavy atom. The summed E-state index contributed by atoms with van der Waals surface area (Å²) in [6.07, 6.45) is 42.4. The molecule has 3 N–H and O–H groups in total. The lowest BCUT2D eigenvalue weighted by Gasteiger charge is -2.15. The Bertz CT molecular complexity index is 555. The van der Waals surface area contributed by atoms with Crippen molar-refractivity contribution in [3.63, 3.8) is 0 Å². The largest absolute Gasteiger partial charge is 0.481 e. The third-order valence-electron chi connectivity index (χ3n) is 9.92. The Hall–Kier alpha value is -1.06. The topological polar surface area (TPSA) is 80.4 Å². The van der Waals surface area contributed by atoms with Gasteiger partial charge in [-0.2, -0.15) is 0 Å². The molecule has 0 heterocycles. The predicted molar refractivity (Wildman–Crippen MR) is 192 cm³/mol. The van der Waals surface area contributed by atoms with E-state index in [1.54, 1.807) is 0 Å². The highest BCUT2D eigenvalue weighted by Gasteiger charge is 2.18. The standard InChI is InChI=1S/C40H79NO3/c1-3-5-7-9-11-13-15-17-19-21-23-25-27-29-33-37(39(41)42)34-31-32-36-38(40(43)44)35-30-28-26-24-22-20-18-16-14-12-10-8-6-4-2/h37-38H,3-36H2,1-2H3,(H2,41,42)(H,43,44). The number of unbranched alkanes of at least 4 members (excludes halogenated alkanes) is 27. The number of rotatable bonds is 37. The molecule has 0 aromatic carbocycles. The second-order valence-electron chi connectivity index (χ2n) is 14.2. The minimum atomic E-state index is -0.645. The van der Waals surface area contributed by atoms with Gasteiger partial charge in [0.15, 0.2) is 0 Å². The SMILES string of the molecule is CCCCCCCCCCCCCCCCC(CCCCC(CCCCCCCCCCCCCCCC)C(=O)O)C(N)=O. The molecule has 2 unspecified atom stereocenters. The lowest BCUT2D eigenvalue weighted by atomic mass is 9.91. The number of nitrogens with two attached hydrogens (primary N) is 1. The summed E-state index contributed by atoms with van der Waals surface area (Å²) in [6, 6.07) is 0. The number of aliphatic carboxylic acids is 1. The van der Waals surface area contributed by atoms with Crippen LogP contribution >= 0.6 is 0 Å². The van der Waals surface area contributed by atoms with E-state index < -0.39 is 5.97 Å². The van der Waals surface area contributed by atoms with Gasteiger partial charge in [0.25, 0.3) is 0 Å². The molecule has 0 saturated heterocycles. The fourth-order valence-corrected chi connectivity index (χ4v) is 6.77. The Labute approximate surface area is 275 Å². The fourth-order valence-electron chi connectivity index (χ4n) is 6.77. The minimum absolute atomic E-state index is 0.0404. The van der Waals surface area contributed by atoms with E-state index in [0.29, 0.717) is 0 Å². The number of hydrogen-bond acceptors (Lipinski definition) is 2. The van der Waals surface area contributed by atoms with Crippen LogP contribution < -0.4 is 5.73 Å². The summed E-state index contributed by atoms with van der Waals surface area (Å²) in [5.74, 6) is -1.09. The first-order chi connectivity index (χ1) is 21.5. The maximum Gasteiger partial charge on any atom is 0.306 e. The molecule has 0 bridgehead atoms. The average Bonchev–Trinajstić information content (AvgIpc) is 3.00. The van der Waals surface area contributed by atoms with Gasteiger partial charge in [-0.15, -0.1) is 0 Å². The van der Waals surface area contributed by atoms with Gasteiger partial charge in [-0.1, -0.05) is 206 Å². The van der Waals surface area contributed by atoms with E-state index in [2.05, 4.69) is 13.8 Å². The van der Waals surface area contributed by atoms with Crippen molar-refractivity contribution in [1.29, 1.82) is 0 Å². The summed E-state index contributed by atoms with van der Waals surface area (Å²) in [4.78, 5) is 23.8. The maximum absolute atomic E-state index is 12.0. The summed E-state index contributed by atoms with van der Waals surface area (Å²) in [5, 5.41) is 9.69. The first-order valence-electron chi connectivity index (χ1n) is 20.0. The third kappa shape index (κ3) is 30.9. The molecule has 4 heteroatoms. The van der Waals surface area contributed by atoms with Gasteiger partial charge in [0.1, 0.15) is 0 Å². The highest BCUT2D eigenvalue weighted by Crippen LogP contribution is 2.23. The van der Waals surface area contributed by atoms with Crippen molar-refractivity contribution in [1.82, 2.24) is 0 Å². The molecule has 0 aliphatic carbocycles. The maximum atomic E-state index is 12.0. The Morgan fingerprint density at radius 3 is 0.818 bits per heavy atom. The number of amides is 1. The van der Waals surface area contributed by atoms with Crippen molar-refractivity contribution >= 4 is 11.9 Å². The van der Waals surface area contributed by atoms with E-state index >= 15 is 0 Å². The monoisotopic (exact) mass is 622 g/mol. The molecule has 0 spiro atoms. The van der Waals surface area contributed by atoms with Crippen molar-refractivity contribution in [3.05, 3.63) is 0 Å². The number of carboxylic acid groups (broad SMARTS) is 1. The molecule has 0 rings (SSSR count). The Kier molecular flexibility index (Phi) is 34.0. The quantitative estimate of drug-likeness (QED) is 0.0677. The summed E-state index contributed by atoms with van der Waals surface area (Å²) >= 11 is 0. The van der Waals surface area contributed by atoms with Gasteiger partial charge < -0.3 is 10.8 Å². The van der Waals surface area contributed by atoms with Gasteiger partial charge in [-0.25, -0.2) is 0 Å². The molecule has 0 aliphatic rings. The molecule has 44 heavy (non-hydrogen) atoms. The second-order valence-corrected chi connectivity index (χ2v) is 14.2. The molecule has 2 atom stereocenters. The summed E-state index contributed by atoms with van der Waals surface area (Å²) < 4.78 is 0. The highest BCUT2D eigenvalue weighted by atomic mass is 16.4. The van der Waals surface area contributed by atoms with Crippen LogP contribution in [0, 0.1) is 11.8 Å². The van der Waals surface area contributed by atoms with E-state index in [4.69, 9.17) is 5.73 Å². The van der Waals surface area contributed by atoms with Crippen LogP contribution in [0.25, 0.3) is 0 Å². The smallest absolute Gasteiger partial charge is 0.306 e. The number of carbonyl (C=O) groups excluding carboxylic acids is 1. The van der Waals surface area contributed by atoms with Gasteiger partial charge in [0.05, 0.1) is 5.92 Å². The van der Waals surface area contributed by atoms with Crippen LogP contribution in [-0.4, -0.2) is 17.0 Å². The normalized spacial score (nSPS) is 12.9. The third-order valence-corrected chi connectivity index (χ3v) is 9.92. The molecule has 0 radical (unpaired) electrons. The highest BCUT2D eigenvalue weighted by molar-refractivity contribution is 5.76. The summed E-state index contributed by atoms with van der Waals surface area (Å²) in [6.45, 7) is 4.55. The molecule has 0 fully saturated rings. The molecular formula is C40H79NO3. The van der Waals surface area contributed by atoms with Crippen molar-refractivity contribution in [3.8, 4) is 0 Å². The molecule has 4 nitrogen and oxygen atoms in total. The van der Waals surface area contributed by atoms with E-state index in [-0.39, 0.29) is 17.7 Å². The lowest BCUT2D eigenvalue weighted by Crippen LogP contribution is -2.23. The van der Waals surface area contributed by atoms with Crippen molar-refractivity contribution < 1.29 is 14.7 Å². The van der Waals surface area contributed by atoms with E-state index in [1.165, 1.54) is 161 Å². The van der Waals surface area contributed by atoms with Crippen molar-refractivity contribution in [2.75, 3.05) is 0 Å². The molecule has 0 saturated carbocycles. The first kappa shape index (κ1) is 42.9. The van der Waals surface area contributed by atoms with Crippen LogP contribution in [0.5, 0.6) is 0 Å². The van der Waals surface area contributed by atoms with Crippen LogP contribution in [0.1, 0.15) is 232 Å². The van der Waals surface area contributed by atoms with Gasteiger partial charge in [-0.3, -0.25) is 9.59 Å². The van der Waals surface area contributed by atoms with Crippen LogP contribution in [0.4, 0.5) is 0 Å². The molecule has 0 aromatic heterocycles. The van der Waals surface area contributed by atoms with E-state index in [9.17, 15) is 14.7 Å². The average molecular weight is 622 g/mol.